The Kier molecular flexibility index (Phi) is 3.62. The lowest BCUT2D eigenvalue weighted by atomic mass is 9.99. The smallest absolute Gasteiger partial charge is 0.246 e. The standard InChI is InChI=1S/C12H16N2O4S/c1-19(16,17)10-4-2-9(3-5-10)14-11(15)12(13)6-7-18-8-12/h2-5H,6-8,13H2,1H3,(H,14,15). The van der Waals surface area contributed by atoms with E-state index in [1.165, 1.54) is 24.3 Å². The summed E-state index contributed by atoms with van der Waals surface area (Å²) in [7, 11) is -3.23. The minimum atomic E-state index is -3.23. The van der Waals surface area contributed by atoms with E-state index in [1.807, 2.05) is 0 Å². The van der Waals surface area contributed by atoms with Crippen LogP contribution in [0, 0.1) is 0 Å². The SMILES string of the molecule is CS(=O)(=O)c1ccc(NC(=O)C2(N)CCOC2)cc1. The number of sulfone groups is 1. The van der Waals surface area contributed by atoms with Crippen molar-refractivity contribution in [2.45, 2.75) is 16.9 Å². The van der Waals surface area contributed by atoms with E-state index in [0.717, 1.165) is 6.26 Å². The third-order valence-corrected chi connectivity index (χ3v) is 4.17. The second-order valence-electron chi connectivity index (χ2n) is 4.71. The fourth-order valence-electron chi connectivity index (χ4n) is 1.80. The zero-order valence-corrected chi connectivity index (χ0v) is 11.4. The van der Waals surface area contributed by atoms with Crippen LogP contribution < -0.4 is 11.1 Å². The van der Waals surface area contributed by atoms with Crippen molar-refractivity contribution in [1.29, 1.82) is 0 Å². The van der Waals surface area contributed by atoms with Gasteiger partial charge >= 0.3 is 0 Å². The second kappa shape index (κ2) is 4.92. The van der Waals surface area contributed by atoms with E-state index >= 15 is 0 Å². The van der Waals surface area contributed by atoms with Gasteiger partial charge in [-0.15, -0.1) is 0 Å². The van der Waals surface area contributed by atoms with Crippen molar-refractivity contribution < 1.29 is 17.9 Å². The first-order valence-corrected chi connectivity index (χ1v) is 7.69. The number of anilines is 1. The molecule has 0 radical (unpaired) electrons. The Morgan fingerprint density at radius 1 is 1.37 bits per heavy atom. The molecule has 1 heterocycles. The Balaban J connectivity index is 2.10. The molecule has 0 bridgehead atoms. The van der Waals surface area contributed by atoms with Gasteiger partial charge in [-0.3, -0.25) is 4.79 Å². The monoisotopic (exact) mass is 284 g/mol. The molecule has 0 aromatic heterocycles. The number of carbonyl (C=O) groups excluding carboxylic acids is 1. The maximum absolute atomic E-state index is 12.0. The van der Waals surface area contributed by atoms with Crippen LogP contribution >= 0.6 is 0 Å². The minimum Gasteiger partial charge on any atom is -0.379 e. The Bertz CT molecular complexity index is 574. The lowest BCUT2D eigenvalue weighted by Crippen LogP contribution is -2.51. The van der Waals surface area contributed by atoms with Gasteiger partial charge in [0, 0.05) is 18.6 Å². The lowest BCUT2D eigenvalue weighted by molar-refractivity contribution is -0.121. The molecule has 0 aliphatic carbocycles. The third-order valence-electron chi connectivity index (χ3n) is 3.04. The van der Waals surface area contributed by atoms with Crippen LogP contribution in [0.5, 0.6) is 0 Å². The van der Waals surface area contributed by atoms with Crippen LogP contribution in [0.25, 0.3) is 0 Å². The Labute approximate surface area is 111 Å². The molecule has 1 aliphatic rings. The quantitative estimate of drug-likeness (QED) is 0.823. The van der Waals surface area contributed by atoms with E-state index in [-0.39, 0.29) is 17.4 Å². The maximum Gasteiger partial charge on any atom is 0.246 e. The van der Waals surface area contributed by atoms with Crippen LogP contribution in [-0.2, 0) is 19.4 Å². The fourth-order valence-corrected chi connectivity index (χ4v) is 2.43. The summed E-state index contributed by atoms with van der Waals surface area (Å²) >= 11 is 0. The van der Waals surface area contributed by atoms with Crippen molar-refractivity contribution in [2.24, 2.45) is 5.73 Å². The van der Waals surface area contributed by atoms with Gasteiger partial charge < -0.3 is 15.8 Å². The Morgan fingerprint density at radius 3 is 2.47 bits per heavy atom. The Morgan fingerprint density at radius 2 is 2.00 bits per heavy atom. The van der Waals surface area contributed by atoms with Gasteiger partial charge in [0.1, 0.15) is 5.54 Å². The minimum absolute atomic E-state index is 0.195. The molecule has 7 heteroatoms. The number of hydrogen-bond acceptors (Lipinski definition) is 5. The number of benzene rings is 1. The zero-order valence-electron chi connectivity index (χ0n) is 10.5. The Hall–Kier alpha value is -1.44. The summed E-state index contributed by atoms with van der Waals surface area (Å²) in [4.78, 5) is 12.2. The van der Waals surface area contributed by atoms with Gasteiger partial charge in [0.25, 0.3) is 0 Å². The molecule has 3 N–H and O–H groups in total. The van der Waals surface area contributed by atoms with E-state index < -0.39 is 15.4 Å². The predicted molar refractivity (Wildman–Crippen MR) is 70.5 cm³/mol. The summed E-state index contributed by atoms with van der Waals surface area (Å²) < 4.78 is 27.7. The number of carbonyl (C=O) groups is 1. The van der Waals surface area contributed by atoms with Crippen molar-refractivity contribution >= 4 is 21.4 Å². The lowest BCUT2D eigenvalue weighted by Gasteiger charge is -2.20. The largest absolute Gasteiger partial charge is 0.379 e. The molecule has 19 heavy (non-hydrogen) atoms. The van der Waals surface area contributed by atoms with Gasteiger partial charge in [-0.1, -0.05) is 0 Å². The maximum atomic E-state index is 12.0. The van der Waals surface area contributed by atoms with Crippen LogP contribution in [0.2, 0.25) is 0 Å². The van der Waals surface area contributed by atoms with Crippen LogP contribution in [-0.4, -0.2) is 39.3 Å². The van der Waals surface area contributed by atoms with Gasteiger partial charge in [0.2, 0.25) is 5.91 Å². The molecule has 1 aliphatic heterocycles. The molecule has 1 aromatic rings. The van der Waals surface area contributed by atoms with Crippen molar-refractivity contribution in [3.05, 3.63) is 24.3 Å². The van der Waals surface area contributed by atoms with Crippen molar-refractivity contribution in [3.8, 4) is 0 Å². The molecule has 1 saturated heterocycles. The molecule has 0 spiro atoms. The number of ether oxygens (including phenoxy) is 1. The van der Waals surface area contributed by atoms with E-state index in [1.54, 1.807) is 0 Å². The molecule has 1 unspecified atom stereocenters. The molecular weight excluding hydrogens is 268 g/mol. The van der Waals surface area contributed by atoms with Gasteiger partial charge in [0.15, 0.2) is 9.84 Å². The molecule has 2 rings (SSSR count). The highest BCUT2D eigenvalue weighted by atomic mass is 32.2. The molecular formula is C12H16N2O4S. The van der Waals surface area contributed by atoms with Crippen molar-refractivity contribution in [1.82, 2.24) is 0 Å². The van der Waals surface area contributed by atoms with Gasteiger partial charge in [-0.05, 0) is 30.7 Å². The first-order chi connectivity index (χ1) is 8.81. The van der Waals surface area contributed by atoms with Crippen molar-refractivity contribution in [3.63, 3.8) is 0 Å². The van der Waals surface area contributed by atoms with Crippen molar-refractivity contribution in [2.75, 3.05) is 24.8 Å². The van der Waals surface area contributed by atoms with E-state index in [0.29, 0.717) is 18.7 Å². The van der Waals surface area contributed by atoms with Crippen LogP contribution in [0.3, 0.4) is 0 Å². The summed E-state index contributed by atoms with van der Waals surface area (Å²) in [5.41, 5.74) is 5.42. The topological polar surface area (TPSA) is 98.5 Å². The number of amides is 1. The van der Waals surface area contributed by atoms with Crippen LogP contribution in [0.1, 0.15) is 6.42 Å². The number of rotatable bonds is 3. The van der Waals surface area contributed by atoms with E-state index in [4.69, 9.17) is 10.5 Å². The molecule has 104 valence electrons. The molecule has 0 saturated carbocycles. The summed E-state index contributed by atoms with van der Waals surface area (Å²) in [6.45, 7) is 0.664. The summed E-state index contributed by atoms with van der Waals surface area (Å²) in [6, 6.07) is 5.96. The molecule has 1 atom stereocenters. The predicted octanol–water partition coefficient (Wildman–Crippen LogP) is 0.146. The average Bonchev–Trinajstić information content (AvgIpc) is 2.77. The van der Waals surface area contributed by atoms with Gasteiger partial charge in [0.05, 0.1) is 11.5 Å². The molecule has 1 fully saturated rings. The summed E-state index contributed by atoms with van der Waals surface area (Å²) in [6.07, 6.45) is 1.60. The zero-order chi connectivity index (χ0) is 14.1. The fraction of sp³-hybridized carbons (Fsp3) is 0.417. The van der Waals surface area contributed by atoms with Gasteiger partial charge in [-0.25, -0.2) is 8.42 Å². The summed E-state index contributed by atoms with van der Waals surface area (Å²) in [5, 5.41) is 2.66. The first kappa shape index (κ1) is 14.0. The van der Waals surface area contributed by atoms with Gasteiger partial charge in [-0.2, -0.15) is 0 Å². The first-order valence-electron chi connectivity index (χ1n) is 5.79. The normalized spacial score (nSPS) is 23.3. The van der Waals surface area contributed by atoms with E-state index in [9.17, 15) is 13.2 Å². The summed E-state index contributed by atoms with van der Waals surface area (Å²) in [5.74, 6) is -0.322. The van der Waals surface area contributed by atoms with Crippen LogP contribution in [0.4, 0.5) is 5.69 Å². The van der Waals surface area contributed by atoms with E-state index in [2.05, 4.69) is 5.32 Å². The molecule has 1 amide bonds. The molecule has 1 aromatic carbocycles. The van der Waals surface area contributed by atoms with Crippen LogP contribution in [0.15, 0.2) is 29.2 Å². The number of nitrogens with two attached hydrogens (primary N) is 1. The third kappa shape index (κ3) is 3.12. The highest BCUT2D eigenvalue weighted by molar-refractivity contribution is 7.90. The highest BCUT2D eigenvalue weighted by Gasteiger charge is 2.38. The number of nitrogens with one attached hydrogen (secondary N) is 1. The average molecular weight is 284 g/mol. The second-order valence-corrected chi connectivity index (χ2v) is 6.73. The highest BCUT2D eigenvalue weighted by Crippen LogP contribution is 2.19. The number of hydrogen-bond donors (Lipinski definition) is 2. The molecule has 6 nitrogen and oxygen atoms in total.